The number of rotatable bonds is 2. The number of hydrogen-bond donors (Lipinski definition) is 1. The molecule has 0 aromatic heterocycles. The van der Waals surface area contributed by atoms with Gasteiger partial charge >= 0.3 is 0 Å². The molecule has 1 amide bonds. The van der Waals surface area contributed by atoms with Gasteiger partial charge in [-0.3, -0.25) is 4.79 Å². The molecule has 0 atom stereocenters. The molecule has 2 aromatic rings. The van der Waals surface area contributed by atoms with Gasteiger partial charge in [0.05, 0.1) is 6.54 Å². The number of nitrogen functional groups attached to an aromatic ring is 1. The molecule has 2 N–H and O–H groups in total. The Morgan fingerprint density at radius 3 is 2.81 bits per heavy atom. The molecule has 0 radical (unpaired) electrons. The third kappa shape index (κ3) is 2.92. The molecular weight excluding hydrogens is 260 g/mol. The van der Waals surface area contributed by atoms with Gasteiger partial charge in [-0.2, -0.15) is 0 Å². The lowest BCUT2D eigenvalue weighted by Crippen LogP contribution is -2.29. The lowest BCUT2D eigenvalue weighted by atomic mass is 10.1. The number of anilines is 2. The number of aryl methyl sites for hydroxylation is 2. The minimum absolute atomic E-state index is 0.194. The molecule has 2 aromatic carbocycles. The molecule has 0 unspecified atom stereocenters. The van der Waals surface area contributed by atoms with Crippen molar-refractivity contribution in [1.29, 1.82) is 0 Å². The van der Waals surface area contributed by atoms with Gasteiger partial charge in [-0.25, -0.2) is 0 Å². The van der Waals surface area contributed by atoms with Crippen LogP contribution in [0, 0.1) is 6.92 Å². The van der Waals surface area contributed by atoms with Gasteiger partial charge in [0.25, 0.3) is 0 Å². The number of benzene rings is 2. The molecule has 1 aliphatic rings. The van der Waals surface area contributed by atoms with Crippen LogP contribution in [0.15, 0.2) is 42.5 Å². The van der Waals surface area contributed by atoms with Crippen LogP contribution in [0.3, 0.4) is 0 Å². The van der Waals surface area contributed by atoms with Gasteiger partial charge in [0.15, 0.2) is 0 Å². The monoisotopic (exact) mass is 280 g/mol. The van der Waals surface area contributed by atoms with E-state index in [1.807, 2.05) is 29.2 Å². The highest BCUT2D eigenvalue weighted by atomic mass is 16.2. The molecule has 1 aliphatic heterocycles. The van der Waals surface area contributed by atoms with E-state index < -0.39 is 0 Å². The topological polar surface area (TPSA) is 46.3 Å². The van der Waals surface area contributed by atoms with Gasteiger partial charge in [-0.15, -0.1) is 0 Å². The van der Waals surface area contributed by atoms with Crippen molar-refractivity contribution in [3.63, 3.8) is 0 Å². The Morgan fingerprint density at radius 1 is 1.14 bits per heavy atom. The van der Waals surface area contributed by atoms with Crippen molar-refractivity contribution < 1.29 is 4.79 Å². The third-order valence-corrected chi connectivity index (χ3v) is 3.96. The molecular formula is C18H20N2O. The lowest BCUT2D eigenvalue weighted by Gasteiger charge is -2.23. The first-order valence-electron chi connectivity index (χ1n) is 7.38. The third-order valence-electron chi connectivity index (χ3n) is 3.96. The van der Waals surface area contributed by atoms with Crippen molar-refractivity contribution in [2.45, 2.75) is 32.7 Å². The molecule has 0 bridgehead atoms. The Hall–Kier alpha value is -2.29. The van der Waals surface area contributed by atoms with Crippen LogP contribution in [0.4, 0.5) is 11.4 Å². The van der Waals surface area contributed by atoms with Crippen LogP contribution in [0.5, 0.6) is 0 Å². The summed E-state index contributed by atoms with van der Waals surface area (Å²) in [6.45, 7) is 2.69. The van der Waals surface area contributed by atoms with Crippen LogP contribution in [0.25, 0.3) is 0 Å². The summed E-state index contributed by atoms with van der Waals surface area (Å²) >= 11 is 0. The normalized spacial score (nSPS) is 14.7. The number of carbonyl (C=O) groups is 1. The highest BCUT2D eigenvalue weighted by Crippen LogP contribution is 2.30. The molecule has 3 rings (SSSR count). The van der Waals surface area contributed by atoms with Crippen LogP contribution < -0.4 is 10.6 Å². The minimum Gasteiger partial charge on any atom is -0.399 e. The molecule has 3 heteroatoms. The fourth-order valence-electron chi connectivity index (χ4n) is 2.93. The first-order chi connectivity index (χ1) is 10.1. The first-order valence-corrected chi connectivity index (χ1v) is 7.38. The maximum absolute atomic E-state index is 12.4. The highest BCUT2D eigenvalue weighted by Gasteiger charge is 2.22. The zero-order valence-corrected chi connectivity index (χ0v) is 12.3. The summed E-state index contributed by atoms with van der Waals surface area (Å²) in [5.74, 6) is 0.194. The quantitative estimate of drug-likeness (QED) is 0.856. The average Bonchev–Trinajstić information content (AvgIpc) is 2.59. The van der Waals surface area contributed by atoms with E-state index in [9.17, 15) is 4.79 Å². The lowest BCUT2D eigenvalue weighted by molar-refractivity contribution is -0.118. The molecule has 1 heterocycles. The molecule has 0 saturated carbocycles. The van der Waals surface area contributed by atoms with Crippen LogP contribution in [-0.2, 0) is 17.8 Å². The Labute approximate surface area is 125 Å². The molecule has 0 fully saturated rings. The van der Waals surface area contributed by atoms with Crippen LogP contribution >= 0.6 is 0 Å². The largest absolute Gasteiger partial charge is 0.399 e. The van der Waals surface area contributed by atoms with E-state index in [0.29, 0.717) is 13.0 Å². The molecule has 0 saturated heterocycles. The van der Waals surface area contributed by atoms with Gasteiger partial charge < -0.3 is 10.6 Å². The van der Waals surface area contributed by atoms with Gasteiger partial charge in [-0.1, -0.05) is 29.8 Å². The molecule has 0 spiro atoms. The van der Waals surface area contributed by atoms with Crippen molar-refractivity contribution in [3.8, 4) is 0 Å². The number of fused-ring (bicyclic) bond motifs is 1. The van der Waals surface area contributed by atoms with Gasteiger partial charge in [0.1, 0.15) is 0 Å². The Balaban J connectivity index is 1.98. The van der Waals surface area contributed by atoms with Gasteiger partial charge in [-0.05, 0) is 49.1 Å². The number of hydrogen-bond acceptors (Lipinski definition) is 2. The van der Waals surface area contributed by atoms with E-state index in [2.05, 4.69) is 25.1 Å². The van der Waals surface area contributed by atoms with E-state index in [1.165, 1.54) is 11.1 Å². The van der Waals surface area contributed by atoms with E-state index in [1.54, 1.807) is 0 Å². The van der Waals surface area contributed by atoms with E-state index in [0.717, 1.165) is 29.8 Å². The second-order valence-electron chi connectivity index (χ2n) is 5.71. The maximum Gasteiger partial charge on any atom is 0.227 e. The van der Waals surface area contributed by atoms with Crippen LogP contribution in [-0.4, -0.2) is 5.91 Å². The standard InChI is InChI=1S/C18H20N2O/c1-13-4-2-5-14(10-13)12-20-17-9-8-16(19)11-15(17)6-3-7-18(20)21/h2,4-5,8-11H,3,6-7,12,19H2,1H3. The van der Waals surface area contributed by atoms with Crippen molar-refractivity contribution in [3.05, 3.63) is 59.2 Å². The van der Waals surface area contributed by atoms with E-state index in [-0.39, 0.29) is 5.91 Å². The number of amides is 1. The summed E-state index contributed by atoms with van der Waals surface area (Å²) in [6.07, 6.45) is 2.40. The van der Waals surface area contributed by atoms with Crippen molar-refractivity contribution >= 4 is 17.3 Å². The smallest absolute Gasteiger partial charge is 0.227 e. The molecule has 108 valence electrons. The zero-order valence-electron chi connectivity index (χ0n) is 12.3. The predicted octanol–water partition coefficient (Wildman–Crippen LogP) is 3.45. The second-order valence-corrected chi connectivity index (χ2v) is 5.71. The summed E-state index contributed by atoms with van der Waals surface area (Å²) in [5.41, 5.74) is 11.2. The van der Waals surface area contributed by atoms with E-state index >= 15 is 0 Å². The fourth-order valence-corrected chi connectivity index (χ4v) is 2.93. The summed E-state index contributed by atoms with van der Waals surface area (Å²) in [6, 6.07) is 14.2. The summed E-state index contributed by atoms with van der Waals surface area (Å²) in [7, 11) is 0. The second kappa shape index (κ2) is 5.60. The van der Waals surface area contributed by atoms with Crippen molar-refractivity contribution in [2.24, 2.45) is 0 Å². The Bertz CT molecular complexity index is 679. The van der Waals surface area contributed by atoms with E-state index in [4.69, 9.17) is 5.73 Å². The highest BCUT2D eigenvalue weighted by molar-refractivity contribution is 5.95. The van der Waals surface area contributed by atoms with Gasteiger partial charge in [0, 0.05) is 17.8 Å². The number of carbonyl (C=O) groups excluding carboxylic acids is 1. The Kier molecular flexibility index (Phi) is 3.65. The molecule has 21 heavy (non-hydrogen) atoms. The summed E-state index contributed by atoms with van der Waals surface area (Å²) in [4.78, 5) is 14.3. The van der Waals surface area contributed by atoms with Crippen LogP contribution in [0.2, 0.25) is 0 Å². The van der Waals surface area contributed by atoms with Crippen molar-refractivity contribution in [1.82, 2.24) is 0 Å². The van der Waals surface area contributed by atoms with Crippen LogP contribution in [0.1, 0.15) is 29.5 Å². The summed E-state index contributed by atoms with van der Waals surface area (Å²) < 4.78 is 0. The SMILES string of the molecule is Cc1cccc(CN2C(=O)CCCc3cc(N)ccc32)c1. The number of nitrogens with two attached hydrogens (primary N) is 1. The minimum atomic E-state index is 0.194. The molecule has 3 nitrogen and oxygen atoms in total. The van der Waals surface area contributed by atoms with Crippen molar-refractivity contribution in [2.75, 3.05) is 10.6 Å². The fraction of sp³-hybridized carbons (Fsp3) is 0.278. The average molecular weight is 280 g/mol. The summed E-state index contributed by atoms with van der Waals surface area (Å²) in [5, 5.41) is 0. The Morgan fingerprint density at radius 2 is 2.00 bits per heavy atom. The molecule has 0 aliphatic carbocycles. The van der Waals surface area contributed by atoms with Gasteiger partial charge in [0.2, 0.25) is 5.91 Å². The number of nitrogens with zero attached hydrogens (tertiary/aromatic N) is 1. The maximum atomic E-state index is 12.4. The first kappa shape index (κ1) is 13.7. The zero-order chi connectivity index (χ0) is 14.8. The predicted molar refractivity (Wildman–Crippen MR) is 86.2 cm³/mol.